The molecule has 2 fully saturated rings. The van der Waals surface area contributed by atoms with E-state index < -0.39 is 0 Å². The third kappa shape index (κ3) is 3.54. The fourth-order valence-electron chi connectivity index (χ4n) is 4.10. The van der Waals surface area contributed by atoms with E-state index in [-0.39, 0.29) is 18.0 Å². The van der Waals surface area contributed by atoms with Gasteiger partial charge in [-0.15, -0.1) is 0 Å². The number of rotatable bonds is 4. The zero-order chi connectivity index (χ0) is 19.5. The van der Waals surface area contributed by atoms with Gasteiger partial charge in [0.1, 0.15) is 5.75 Å². The molecule has 2 aliphatic rings. The van der Waals surface area contributed by atoms with Gasteiger partial charge in [0.2, 0.25) is 0 Å². The number of nitrogens with zero attached hydrogens (tertiary/aromatic N) is 2. The van der Waals surface area contributed by atoms with Crippen LogP contribution in [0.3, 0.4) is 0 Å². The Labute approximate surface area is 165 Å². The average molecular weight is 379 g/mol. The molecule has 6 heteroatoms. The van der Waals surface area contributed by atoms with Gasteiger partial charge in [0, 0.05) is 37.3 Å². The van der Waals surface area contributed by atoms with Gasteiger partial charge in [-0.2, -0.15) is 0 Å². The molecule has 0 spiro atoms. The van der Waals surface area contributed by atoms with E-state index in [0.717, 1.165) is 36.3 Å². The van der Waals surface area contributed by atoms with Gasteiger partial charge in [-0.1, -0.05) is 30.3 Å². The van der Waals surface area contributed by atoms with Crippen molar-refractivity contribution in [2.24, 2.45) is 0 Å². The molecule has 0 bridgehead atoms. The molecule has 1 unspecified atom stereocenters. The Balaban J connectivity index is 1.57. The second-order valence-electron chi connectivity index (χ2n) is 7.25. The van der Waals surface area contributed by atoms with Crippen molar-refractivity contribution in [2.45, 2.75) is 18.9 Å². The molecule has 0 radical (unpaired) electrons. The normalized spacial score (nSPS) is 19.5. The molecule has 2 aliphatic heterocycles. The van der Waals surface area contributed by atoms with Gasteiger partial charge < -0.3 is 19.9 Å². The molecular formula is C22H25N3O3. The van der Waals surface area contributed by atoms with Crippen molar-refractivity contribution in [3.8, 4) is 16.9 Å². The lowest BCUT2D eigenvalue weighted by molar-refractivity contribution is 0.0634. The van der Waals surface area contributed by atoms with Crippen LogP contribution in [0.5, 0.6) is 5.75 Å². The minimum atomic E-state index is -0.0184. The summed E-state index contributed by atoms with van der Waals surface area (Å²) in [4.78, 5) is 28.9. The van der Waals surface area contributed by atoms with Crippen molar-refractivity contribution >= 4 is 11.9 Å². The Morgan fingerprint density at radius 3 is 2.68 bits per heavy atom. The average Bonchev–Trinajstić information content (AvgIpc) is 3.19. The number of carbonyl (C=O) groups is 2. The second kappa shape index (κ2) is 7.92. The van der Waals surface area contributed by atoms with Gasteiger partial charge >= 0.3 is 6.03 Å². The summed E-state index contributed by atoms with van der Waals surface area (Å²) in [5.41, 5.74) is 2.56. The number of ether oxygens (including phenoxy) is 1. The lowest BCUT2D eigenvalue weighted by atomic mass is 9.99. The Hall–Kier alpha value is -3.02. The molecule has 146 valence electrons. The summed E-state index contributed by atoms with van der Waals surface area (Å²) in [6, 6.07) is 15.6. The van der Waals surface area contributed by atoms with E-state index in [1.165, 1.54) is 0 Å². The molecule has 3 amide bonds. The summed E-state index contributed by atoms with van der Waals surface area (Å²) in [7, 11) is 1.64. The molecule has 6 nitrogen and oxygen atoms in total. The minimum Gasteiger partial charge on any atom is -0.496 e. The lowest BCUT2D eigenvalue weighted by Crippen LogP contribution is -2.50. The first-order chi connectivity index (χ1) is 13.7. The minimum absolute atomic E-state index is 0.00383. The molecular weight excluding hydrogens is 354 g/mol. The summed E-state index contributed by atoms with van der Waals surface area (Å²) in [6.07, 6.45) is 1.84. The Morgan fingerprint density at radius 2 is 1.96 bits per heavy atom. The first kappa shape index (κ1) is 18.3. The highest BCUT2D eigenvalue weighted by atomic mass is 16.5. The van der Waals surface area contributed by atoms with Crippen LogP contribution in [0.15, 0.2) is 48.5 Å². The van der Waals surface area contributed by atoms with Gasteiger partial charge in [0.05, 0.1) is 13.2 Å². The second-order valence-corrected chi connectivity index (χ2v) is 7.25. The van der Waals surface area contributed by atoms with Crippen LogP contribution in [0.25, 0.3) is 11.1 Å². The van der Waals surface area contributed by atoms with Gasteiger partial charge in [0.15, 0.2) is 0 Å². The molecule has 1 atom stereocenters. The predicted molar refractivity (Wildman–Crippen MR) is 107 cm³/mol. The third-order valence-corrected chi connectivity index (χ3v) is 5.55. The zero-order valence-corrected chi connectivity index (χ0v) is 16.1. The van der Waals surface area contributed by atoms with Crippen LogP contribution >= 0.6 is 0 Å². The molecule has 0 aromatic heterocycles. The Kier molecular flexibility index (Phi) is 5.19. The highest BCUT2D eigenvalue weighted by Gasteiger charge is 2.33. The number of urea groups is 1. The standard InChI is InChI=1S/C22H25N3O3/c1-28-20-10-9-17(14-19(20)16-6-3-2-4-7-16)21(26)24-12-5-8-18(15-24)25-13-11-23-22(25)27/h2-4,6-7,9-10,14,18H,5,8,11-13,15H2,1H3,(H,23,27). The quantitative estimate of drug-likeness (QED) is 0.888. The molecule has 28 heavy (non-hydrogen) atoms. The van der Waals surface area contributed by atoms with Crippen LogP contribution in [0, 0.1) is 0 Å². The van der Waals surface area contributed by atoms with E-state index in [4.69, 9.17) is 4.74 Å². The summed E-state index contributed by atoms with van der Waals surface area (Å²) in [6.45, 7) is 2.70. The van der Waals surface area contributed by atoms with Crippen LogP contribution in [0.4, 0.5) is 4.79 Å². The smallest absolute Gasteiger partial charge is 0.317 e. The Morgan fingerprint density at radius 1 is 1.14 bits per heavy atom. The third-order valence-electron chi connectivity index (χ3n) is 5.55. The van der Waals surface area contributed by atoms with Crippen LogP contribution in [0.1, 0.15) is 23.2 Å². The zero-order valence-electron chi connectivity index (χ0n) is 16.1. The molecule has 2 saturated heterocycles. The van der Waals surface area contributed by atoms with E-state index in [0.29, 0.717) is 25.2 Å². The SMILES string of the molecule is COc1ccc(C(=O)N2CCCC(N3CCNC3=O)C2)cc1-c1ccccc1. The van der Waals surface area contributed by atoms with E-state index >= 15 is 0 Å². The molecule has 2 aromatic carbocycles. The summed E-state index contributed by atoms with van der Waals surface area (Å²) in [5, 5.41) is 2.85. The molecule has 4 rings (SSSR count). The van der Waals surface area contributed by atoms with E-state index in [1.807, 2.05) is 58.3 Å². The van der Waals surface area contributed by atoms with E-state index in [1.54, 1.807) is 7.11 Å². The van der Waals surface area contributed by atoms with E-state index in [9.17, 15) is 9.59 Å². The monoisotopic (exact) mass is 379 g/mol. The number of nitrogens with one attached hydrogen (secondary N) is 1. The van der Waals surface area contributed by atoms with Crippen LogP contribution in [-0.4, -0.2) is 61.1 Å². The predicted octanol–water partition coefficient (Wildman–Crippen LogP) is 2.99. The van der Waals surface area contributed by atoms with Gasteiger partial charge in [-0.3, -0.25) is 4.79 Å². The summed E-state index contributed by atoms with van der Waals surface area (Å²) >= 11 is 0. The van der Waals surface area contributed by atoms with Crippen molar-refractivity contribution in [3.05, 3.63) is 54.1 Å². The van der Waals surface area contributed by atoms with Crippen molar-refractivity contribution in [1.29, 1.82) is 0 Å². The maximum atomic E-state index is 13.2. The fourth-order valence-corrected chi connectivity index (χ4v) is 4.10. The van der Waals surface area contributed by atoms with E-state index in [2.05, 4.69) is 5.32 Å². The molecule has 2 heterocycles. The highest BCUT2D eigenvalue weighted by molar-refractivity contribution is 5.96. The summed E-state index contributed by atoms with van der Waals surface area (Å²) < 4.78 is 5.50. The van der Waals surface area contributed by atoms with Gasteiger partial charge in [-0.05, 0) is 36.6 Å². The topological polar surface area (TPSA) is 61.9 Å². The van der Waals surface area contributed by atoms with Crippen LogP contribution in [-0.2, 0) is 0 Å². The van der Waals surface area contributed by atoms with Crippen LogP contribution < -0.4 is 10.1 Å². The lowest BCUT2D eigenvalue weighted by Gasteiger charge is -2.37. The first-order valence-electron chi connectivity index (χ1n) is 9.74. The number of likely N-dealkylation sites (tertiary alicyclic amines) is 1. The maximum absolute atomic E-state index is 13.2. The number of benzene rings is 2. The largest absolute Gasteiger partial charge is 0.496 e. The summed E-state index contributed by atoms with van der Waals surface area (Å²) in [5.74, 6) is 0.747. The van der Waals surface area contributed by atoms with Crippen molar-refractivity contribution in [3.63, 3.8) is 0 Å². The fraction of sp³-hybridized carbons (Fsp3) is 0.364. The molecule has 1 N–H and O–H groups in total. The number of hydrogen-bond acceptors (Lipinski definition) is 3. The van der Waals surface area contributed by atoms with Crippen molar-refractivity contribution in [1.82, 2.24) is 15.1 Å². The number of carbonyl (C=O) groups excluding carboxylic acids is 2. The first-order valence-corrected chi connectivity index (χ1v) is 9.74. The number of methoxy groups -OCH3 is 1. The molecule has 2 aromatic rings. The Bertz CT molecular complexity index is 869. The van der Waals surface area contributed by atoms with Crippen molar-refractivity contribution in [2.75, 3.05) is 33.3 Å². The highest BCUT2D eigenvalue weighted by Crippen LogP contribution is 2.31. The van der Waals surface area contributed by atoms with Gasteiger partial charge in [-0.25, -0.2) is 4.79 Å². The number of amides is 3. The van der Waals surface area contributed by atoms with Gasteiger partial charge in [0.25, 0.3) is 5.91 Å². The number of hydrogen-bond donors (Lipinski definition) is 1. The molecule has 0 aliphatic carbocycles. The number of piperidine rings is 1. The maximum Gasteiger partial charge on any atom is 0.317 e. The van der Waals surface area contributed by atoms with Crippen LogP contribution in [0.2, 0.25) is 0 Å². The van der Waals surface area contributed by atoms with Crippen molar-refractivity contribution < 1.29 is 14.3 Å². The molecule has 0 saturated carbocycles.